The standard InChI is InChI=1S/C20H18FN7OS/c1-3-15(12-24-29)28(22-2)19-23-9-8-16(25-19)18-17(13-4-6-14(21)7-5-13)26-20-27(18)10-11-30-20/h4-11,15H,2-3,12H2,1H3/t15-/m0/s1. The minimum absolute atomic E-state index is 0.0470. The van der Waals surface area contributed by atoms with E-state index in [9.17, 15) is 9.30 Å². The van der Waals surface area contributed by atoms with Gasteiger partial charge in [0.2, 0.25) is 5.95 Å². The van der Waals surface area contributed by atoms with Gasteiger partial charge >= 0.3 is 0 Å². The van der Waals surface area contributed by atoms with Gasteiger partial charge in [0.1, 0.15) is 18.1 Å². The van der Waals surface area contributed by atoms with E-state index in [1.807, 2.05) is 22.9 Å². The molecule has 0 aliphatic carbocycles. The van der Waals surface area contributed by atoms with Gasteiger partial charge in [0, 0.05) is 30.1 Å². The average molecular weight is 423 g/mol. The zero-order chi connectivity index (χ0) is 21.1. The molecule has 0 unspecified atom stereocenters. The Morgan fingerprint density at radius 2 is 2.07 bits per heavy atom. The summed E-state index contributed by atoms with van der Waals surface area (Å²) < 4.78 is 15.4. The highest BCUT2D eigenvalue weighted by Crippen LogP contribution is 2.34. The number of nitrogens with zero attached hydrogens (tertiary/aromatic N) is 7. The predicted molar refractivity (Wildman–Crippen MR) is 116 cm³/mol. The molecule has 3 aromatic heterocycles. The van der Waals surface area contributed by atoms with Crippen molar-refractivity contribution in [3.63, 3.8) is 0 Å². The largest absolute Gasteiger partial charge is 0.288 e. The van der Waals surface area contributed by atoms with E-state index in [-0.39, 0.29) is 18.4 Å². The molecule has 4 rings (SSSR count). The van der Waals surface area contributed by atoms with Gasteiger partial charge in [-0.15, -0.1) is 11.3 Å². The van der Waals surface area contributed by atoms with E-state index >= 15 is 0 Å². The van der Waals surface area contributed by atoms with Gasteiger partial charge < -0.3 is 0 Å². The van der Waals surface area contributed by atoms with Crippen molar-refractivity contribution >= 4 is 29.0 Å². The lowest BCUT2D eigenvalue weighted by Crippen LogP contribution is -2.33. The molecule has 0 radical (unpaired) electrons. The summed E-state index contributed by atoms with van der Waals surface area (Å²) in [6, 6.07) is 7.66. The molecule has 4 aromatic rings. The molecular weight excluding hydrogens is 405 g/mol. The number of nitroso groups, excluding NO2 is 1. The number of rotatable bonds is 8. The third-order valence-corrected chi connectivity index (χ3v) is 5.48. The summed E-state index contributed by atoms with van der Waals surface area (Å²) in [5.41, 5.74) is 2.84. The number of hydrogen-bond acceptors (Lipinski definition) is 8. The number of hydrazone groups is 1. The Kier molecular flexibility index (Phi) is 5.57. The second-order valence-electron chi connectivity index (χ2n) is 6.47. The van der Waals surface area contributed by atoms with E-state index in [0.717, 1.165) is 16.2 Å². The van der Waals surface area contributed by atoms with Crippen molar-refractivity contribution in [2.75, 3.05) is 11.6 Å². The first-order chi connectivity index (χ1) is 14.7. The molecule has 30 heavy (non-hydrogen) atoms. The first-order valence-electron chi connectivity index (χ1n) is 9.26. The van der Waals surface area contributed by atoms with Crippen molar-refractivity contribution in [3.8, 4) is 22.6 Å². The molecule has 1 atom stereocenters. The summed E-state index contributed by atoms with van der Waals surface area (Å²) in [7, 11) is 0. The highest BCUT2D eigenvalue weighted by molar-refractivity contribution is 7.15. The van der Waals surface area contributed by atoms with E-state index in [4.69, 9.17) is 4.98 Å². The van der Waals surface area contributed by atoms with Crippen LogP contribution in [0.15, 0.2) is 58.4 Å². The molecule has 0 bridgehead atoms. The van der Waals surface area contributed by atoms with Crippen molar-refractivity contribution in [2.45, 2.75) is 19.4 Å². The van der Waals surface area contributed by atoms with E-state index in [1.54, 1.807) is 24.4 Å². The summed E-state index contributed by atoms with van der Waals surface area (Å²) >= 11 is 1.49. The lowest BCUT2D eigenvalue weighted by Gasteiger charge is -2.24. The van der Waals surface area contributed by atoms with Crippen LogP contribution in [0.5, 0.6) is 0 Å². The SMILES string of the molecule is C=NN(c1nccc(-c2c(-c3ccc(F)cc3)nc3sccn23)n1)[C@@H](CC)CN=O. The highest BCUT2D eigenvalue weighted by atomic mass is 32.1. The molecule has 3 heterocycles. The Hall–Kier alpha value is -3.53. The molecule has 0 amide bonds. The minimum atomic E-state index is -0.312. The van der Waals surface area contributed by atoms with Gasteiger partial charge in [-0.3, -0.25) is 4.40 Å². The van der Waals surface area contributed by atoms with E-state index in [0.29, 0.717) is 23.8 Å². The van der Waals surface area contributed by atoms with Gasteiger partial charge in [-0.1, -0.05) is 12.1 Å². The van der Waals surface area contributed by atoms with E-state index in [1.165, 1.54) is 28.5 Å². The van der Waals surface area contributed by atoms with Gasteiger partial charge in [0.25, 0.3) is 0 Å². The Morgan fingerprint density at radius 3 is 2.77 bits per heavy atom. The van der Waals surface area contributed by atoms with Crippen LogP contribution in [0.2, 0.25) is 0 Å². The molecule has 0 aliphatic heterocycles. The van der Waals surface area contributed by atoms with Crippen molar-refractivity contribution in [2.24, 2.45) is 10.3 Å². The normalized spacial score (nSPS) is 12.1. The molecule has 0 saturated heterocycles. The van der Waals surface area contributed by atoms with E-state index in [2.05, 4.69) is 27.0 Å². The van der Waals surface area contributed by atoms with Crippen LogP contribution in [0.3, 0.4) is 0 Å². The number of hydrogen-bond donors (Lipinski definition) is 0. The molecule has 1 aromatic carbocycles. The fourth-order valence-electron chi connectivity index (χ4n) is 3.24. The molecule has 0 aliphatic rings. The van der Waals surface area contributed by atoms with Gasteiger partial charge in [-0.2, -0.15) is 10.0 Å². The van der Waals surface area contributed by atoms with Crippen LogP contribution in [0.4, 0.5) is 10.3 Å². The maximum absolute atomic E-state index is 13.4. The minimum Gasteiger partial charge on any atom is -0.288 e. The fraction of sp³-hybridized carbons (Fsp3) is 0.200. The lowest BCUT2D eigenvalue weighted by molar-refractivity contribution is 0.584. The summed E-state index contributed by atoms with van der Waals surface area (Å²) in [5, 5.41) is 10.4. The van der Waals surface area contributed by atoms with Crippen LogP contribution in [0.25, 0.3) is 27.6 Å². The predicted octanol–water partition coefficient (Wildman–Crippen LogP) is 4.63. The van der Waals surface area contributed by atoms with Crippen LogP contribution in [-0.2, 0) is 0 Å². The van der Waals surface area contributed by atoms with Crippen molar-refractivity contribution in [3.05, 3.63) is 58.8 Å². The fourth-order valence-corrected chi connectivity index (χ4v) is 3.95. The topological polar surface area (TPSA) is 88.1 Å². The molecule has 0 spiro atoms. The number of fused-ring (bicyclic) bond motifs is 1. The molecule has 152 valence electrons. The number of thiazole rings is 1. The monoisotopic (exact) mass is 423 g/mol. The number of anilines is 1. The number of aromatic nitrogens is 4. The average Bonchev–Trinajstić information content (AvgIpc) is 3.35. The Labute approximate surface area is 175 Å². The quantitative estimate of drug-likeness (QED) is 0.234. The summed E-state index contributed by atoms with van der Waals surface area (Å²) in [5.74, 6) is 0.000901. The van der Waals surface area contributed by atoms with Crippen LogP contribution in [0.1, 0.15) is 13.3 Å². The number of imidazole rings is 1. The molecule has 10 heteroatoms. The second-order valence-corrected chi connectivity index (χ2v) is 7.35. The summed E-state index contributed by atoms with van der Waals surface area (Å²) in [6.07, 6.45) is 4.16. The molecule has 0 fully saturated rings. The molecule has 8 nitrogen and oxygen atoms in total. The number of benzene rings is 1. The van der Waals surface area contributed by atoms with Crippen LogP contribution >= 0.6 is 11.3 Å². The third-order valence-electron chi connectivity index (χ3n) is 4.72. The van der Waals surface area contributed by atoms with Gasteiger partial charge in [-0.25, -0.2) is 24.4 Å². The summed E-state index contributed by atoms with van der Waals surface area (Å²) in [4.78, 5) is 25.3. The van der Waals surface area contributed by atoms with Crippen LogP contribution < -0.4 is 5.01 Å². The van der Waals surface area contributed by atoms with Crippen LogP contribution in [-0.4, -0.2) is 38.7 Å². The Balaban J connectivity index is 1.85. The van der Waals surface area contributed by atoms with Gasteiger partial charge in [-0.05, 0) is 36.8 Å². The van der Waals surface area contributed by atoms with Crippen molar-refractivity contribution in [1.82, 2.24) is 19.4 Å². The highest BCUT2D eigenvalue weighted by Gasteiger charge is 2.22. The second kappa shape index (κ2) is 8.46. The number of halogens is 1. The van der Waals surface area contributed by atoms with Crippen LogP contribution in [0, 0.1) is 10.7 Å². The zero-order valence-corrected chi connectivity index (χ0v) is 17.0. The zero-order valence-electron chi connectivity index (χ0n) is 16.1. The van der Waals surface area contributed by atoms with Gasteiger partial charge in [0.15, 0.2) is 4.96 Å². The first-order valence-corrected chi connectivity index (χ1v) is 10.1. The van der Waals surface area contributed by atoms with Crippen molar-refractivity contribution < 1.29 is 4.39 Å². The Bertz CT molecular complexity index is 1190. The van der Waals surface area contributed by atoms with E-state index < -0.39 is 0 Å². The molecular formula is C20H18FN7OS. The Morgan fingerprint density at radius 1 is 1.27 bits per heavy atom. The smallest absolute Gasteiger partial charge is 0.247 e. The summed E-state index contributed by atoms with van der Waals surface area (Å²) in [6.45, 7) is 5.57. The lowest BCUT2D eigenvalue weighted by atomic mass is 10.1. The maximum Gasteiger partial charge on any atom is 0.247 e. The first kappa shape index (κ1) is 19.8. The van der Waals surface area contributed by atoms with Crippen molar-refractivity contribution in [1.29, 1.82) is 0 Å². The van der Waals surface area contributed by atoms with Gasteiger partial charge in [0.05, 0.1) is 17.4 Å². The third kappa shape index (κ3) is 3.57. The molecule has 0 saturated carbocycles. The molecule has 0 N–H and O–H groups in total. The maximum atomic E-state index is 13.4.